The van der Waals surface area contributed by atoms with Crippen molar-refractivity contribution in [3.05, 3.63) is 52.2 Å². The van der Waals surface area contributed by atoms with Gasteiger partial charge in [-0.1, -0.05) is 18.6 Å². The average Bonchev–Trinajstić information content (AvgIpc) is 3.21. The monoisotopic (exact) mass is 372 g/mol. The zero-order valence-corrected chi connectivity index (χ0v) is 16.3. The summed E-state index contributed by atoms with van der Waals surface area (Å²) in [4.78, 5) is 14.8. The number of ether oxygens (including phenoxy) is 1. The highest BCUT2D eigenvalue weighted by Gasteiger charge is 2.22. The van der Waals surface area contributed by atoms with E-state index in [1.807, 2.05) is 12.1 Å². The van der Waals surface area contributed by atoms with Crippen molar-refractivity contribution in [1.29, 1.82) is 0 Å². The molecule has 2 aromatic rings. The summed E-state index contributed by atoms with van der Waals surface area (Å²) in [6.45, 7) is 2.86. The molecule has 2 heterocycles. The minimum Gasteiger partial charge on any atom is -0.497 e. The van der Waals surface area contributed by atoms with Crippen LogP contribution >= 0.6 is 11.3 Å². The first kappa shape index (κ1) is 18.9. The molecule has 0 saturated carbocycles. The van der Waals surface area contributed by atoms with Crippen LogP contribution in [0.3, 0.4) is 0 Å². The second-order valence-electron chi connectivity index (χ2n) is 6.82. The van der Waals surface area contributed by atoms with Crippen molar-refractivity contribution in [3.63, 3.8) is 0 Å². The lowest BCUT2D eigenvalue weighted by Crippen LogP contribution is -2.40. The zero-order valence-electron chi connectivity index (χ0n) is 15.4. The Bertz CT molecular complexity index is 664. The molecular weight excluding hydrogens is 344 g/mol. The van der Waals surface area contributed by atoms with E-state index in [1.165, 1.54) is 30.4 Å². The van der Waals surface area contributed by atoms with Crippen molar-refractivity contribution in [1.82, 2.24) is 10.2 Å². The van der Waals surface area contributed by atoms with E-state index in [-0.39, 0.29) is 11.9 Å². The van der Waals surface area contributed by atoms with Gasteiger partial charge in [0.2, 0.25) is 5.91 Å². The molecule has 140 valence electrons. The largest absolute Gasteiger partial charge is 0.497 e. The molecule has 1 aliphatic heterocycles. The molecule has 1 aliphatic rings. The summed E-state index contributed by atoms with van der Waals surface area (Å²) < 4.78 is 5.28. The second-order valence-corrected chi connectivity index (χ2v) is 7.60. The van der Waals surface area contributed by atoms with E-state index in [0.29, 0.717) is 13.0 Å². The number of carbonyl (C=O) groups excluding carboxylic acids is 1. The molecule has 0 bridgehead atoms. The fraction of sp³-hybridized carbons (Fsp3) is 0.476. The Morgan fingerprint density at radius 2 is 1.96 bits per heavy atom. The minimum atomic E-state index is 0.131. The van der Waals surface area contributed by atoms with Gasteiger partial charge in [-0.05, 0) is 72.4 Å². The van der Waals surface area contributed by atoms with Gasteiger partial charge in [0, 0.05) is 13.0 Å². The van der Waals surface area contributed by atoms with Crippen LogP contribution in [-0.4, -0.2) is 37.6 Å². The van der Waals surface area contributed by atoms with E-state index >= 15 is 0 Å². The number of hydrogen-bond acceptors (Lipinski definition) is 4. The quantitative estimate of drug-likeness (QED) is 0.761. The Balaban J connectivity index is 1.59. The number of hydrogen-bond donors (Lipinski definition) is 1. The number of methoxy groups -OCH3 is 1. The third-order valence-corrected chi connectivity index (χ3v) is 5.78. The number of rotatable bonds is 8. The first-order valence-corrected chi connectivity index (χ1v) is 10.4. The molecule has 0 radical (unpaired) electrons. The summed E-state index contributed by atoms with van der Waals surface area (Å²) in [7, 11) is 1.69. The molecule has 1 N–H and O–H groups in total. The van der Waals surface area contributed by atoms with E-state index < -0.39 is 0 Å². The maximum atomic E-state index is 12.3. The Kier molecular flexibility index (Phi) is 7.09. The Morgan fingerprint density at radius 3 is 2.62 bits per heavy atom. The number of thiophene rings is 1. The predicted octanol–water partition coefficient (Wildman–Crippen LogP) is 4.03. The smallest absolute Gasteiger partial charge is 0.220 e. The number of carbonyl (C=O) groups is 1. The van der Waals surface area contributed by atoms with Crippen LogP contribution in [0.4, 0.5) is 0 Å². The van der Waals surface area contributed by atoms with Crippen LogP contribution in [-0.2, 0) is 11.2 Å². The van der Waals surface area contributed by atoms with Crippen molar-refractivity contribution >= 4 is 17.2 Å². The van der Waals surface area contributed by atoms with Crippen molar-refractivity contribution in [2.75, 3.05) is 26.7 Å². The van der Waals surface area contributed by atoms with Gasteiger partial charge >= 0.3 is 0 Å². The van der Waals surface area contributed by atoms with E-state index in [2.05, 4.69) is 39.2 Å². The summed E-state index contributed by atoms with van der Waals surface area (Å²) in [6.07, 6.45) is 5.13. The van der Waals surface area contributed by atoms with Crippen molar-refractivity contribution in [2.45, 2.75) is 38.1 Å². The maximum absolute atomic E-state index is 12.3. The summed E-state index contributed by atoms with van der Waals surface area (Å²) in [6, 6.07) is 10.6. The van der Waals surface area contributed by atoms with Crippen LogP contribution < -0.4 is 10.1 Å². The van der Waals surface area contributed by atoms with Crippen LogP contribution in [0.15, 0.2) is 41.1 Å². The lowest BCUT2D eigenvalue weighted by molar-refractivity contribution is -0.121. The number of amides is 1. The number of benzene rings is 1. The molecule has 0 aliphatic carbocycles. The summed E-state index contributed by atoms with van der Waals surface area (Å²) in [5, 5.41) is 7.33. The molecule has 0 unspecified atom stereocenters. The van der Waals surface area contributed by atoms with Gasteiger partial charge in [0.1, 0.15) is 5.75 Å². The van der Waals surface area contributed by atoms with Crippen LogP contribution in [0.1, 0.15) is 42.9 Å². The Hall–Kier alpha value is -1.85. The molecule has 1 saturated heterocycles. The summed E-state index contributed by atoms with van der Waals surface area (Å²) in [5.74, 6) is 0.998. The number of nitrogens with one attached hydrogen (secondary N) is 1. The van der Waals surface area contributed by atoms with Crippen molar-refractivity contribution in [3.8, 4) is 5.75 Å². The van der Waals surface area contributed by atoms with Gasteiger partial charge in [0.25, 0.3) is 0 Å². The first-order valence-electron chi connectivity index (χ1n) is 9.42. The lowest BCUT2D eigenvalue weighted by Gasteiger charge is -2.35. The Morgan fingerprint density at radius 1 is 1.19 bits per heavy atom. The topological polar surface area (TPSA) is 41.6 Å². The molecule has 1 aromatic heterocycles. The first-order chi connectivity index (χ1) is 12.8. The van der Waals surface area contributed by atoms with E-state index in [1.54, 1.807) is 18.4 Å². The van der Waals surface area contributed by atoms with Gasteiger partial charge in [-0.25, -0.2) is 0 Å². The normalized spacial score (nSPS) is 16.2. The molecule has 1 amide bonds. The van der Waals surface area contributed by atoms with Gasteiger partial charge in [-0.15, -0.1) is 0 Å². The highest BCUT2D eigenvalue weighted by atomic mass is 32.1. The molecular formula is C21H28N2O2S. The number of likely N-dealkylation sites (tertiary alicyclic amines) is 1. The van der Waals surface area contributed by atoms with Crippen LogP contribution in [0, 0.1) is 0 Å². The number of piperidine rings is 1. The van der Waals surface area contributed by atoms with Gasteiger partial charge in [-0.3, -0.25) is 9.69 Å². The SMILES string of the molecule is COc1ccc([C@@H](CNC(=O)CCc2ccsc2)N2CCCCC2)cc1. The van der Waals surface area contributed by atoms with Crippen LogP contribution in [0.2, 0.25) is 0 Å². The molecule has 3 rings (SSSR count). The van der Waals surface area contributed by atoms with Crippen LogP contribution in [0.5, 0.6) is 5.75 Å². The fourth-order valence-electron chi connectivity index (χ4n) is 3.51. The van der Waals surface area contributed by atoms with Gasteiger partial charge in [0.05, 0.1) is 13.2 Å². The van der Waals surface area contributed by atoms with E-state index in [4.69, 9.17) is 4.74 Å². The minimum absolute atomic E-state index is 0.131. The summed E-state index contributed by atoms with van der Waals surface area (Å²) in [5.41, 5.74) is 2.48. The molecule has 1 aromatic carbocycles. The Labute approximate surface area is 160 Å². The fourth-order valence-corrected chi connectivity index (χ4v) is 4.21. The second kappa shape index (κ2) is 9.74. The highest BCUT2D eigenvalue weighted by Crippen LogP contribution is 2.26. The molecule has 26 heavy (non-hydrogen) atoms. The third kappa shape index (κ3) is 5.32. The van der Waals surface area contributed by atoms with E-state index in [0.717, 1.165) is 25.3 Å². The van der Waals surface area contributed by atoms with Crippen molar-refractivity contribution in [2.24, 2.45) is 0 Å². The average molecular weight is 373 g/mol. The van der Waals surface area contributed by atoms with E-state index in [9.17, 15) is 4.79 Å². The number of aryl methyl sites for hydroxylation is 1. The standard InChI is InChI=1S/C21H28N2O2S/c1-25-19-8-6-18(7-9-19)20(23-12-3-2-4-13-23)15-22-21(24)10-5-17-11-14-26-16-17/h6-9,11,14,16,20H,2-5,10,12-13,15H2,1H3,(H,22,24)/t20-/m1/s1. The number of nitrogens with zero attached hydrogens (tertiary/aromatic N) is 1. The molecule has 5 heteroatoms. The molecule has 0 spiro atoms. The predicted molar refractivity (Wildman–Crippen MR) is 107 cm³/mol. The molecule has 1 atom stereocenters. The maximum Gasteiger partial charge on any atom is 0.220 e. The zero-order chi connectivity index (χ0) is 18.2. The summed E-state index contributed by atoms with van der Waals surface area (Å²) >= 11 is 1.68. The molecule has 1 fully saturated rings. The molecule has 4 nitrogen and oxygen atoms in total. The lowest BCUT2D eigenvalue weighted by atomic mass is 10.0. The highest BCUT2D eigenvalue weighted by molar-refractivity contribution is 7.07. The van der Waals surface area contributed by atoms with Gasteiger partial charge in [-0.2, -0.15) is 11.3 Å². The van der Waals surface area contributed by atoms with Gasteiger partial charge in [0.15, 0.2) is 0 Å². The van der Waals surface area contributed by atoms with Gasteiger partial charge < -0.3 is 10.1 Å². The third-order valence-electron chi connectivity index (χ3n) is 5.05. The van der Waals surface area contributed by atoms with Crippen molar-refractivity contribution < 1.29 is 9.53 Å². The van der Waals surface area contributed by atoms with Crippen LogP contribution in [0.25, 0.3) is 0 Å².